The highest BCUT2D eigenvalue weighted by atomic mass is 16.2. The zero-order valence-corrected chi connectivity index (χ0v) is 9.87. The monoisotopic (exact) mass is 224 g/mol. The van der Waals surface area contributed by atoms with Crippen LogP contribution in [0.25, 0.3) is 0 Å². The molecule has 0 aromatic rings. The molecule has 4 heteroatoms. The Balaban J connectivity index is 1.88. The van der Waals surface area contributed by atoms with Crippen LogP contribution in [0.5, 0.6) is 0 Å². The van der Waals surface area contributed by atoms with Crippen molar-refractivity contribution in [3.8, 4) is 0 Å². The highest BCUT2D eigenvalue weighted by Crippen LogP contribution is 2.33. The first-order valence-corrected chi connectivity index (χ1v) is 6.29. The van der Waals surface area contributed by atoms with Gasteiger partial charge in [0.2, 0.25) is 5.78 Å². The highest BCUT2D eigenvalue weighted by Gasteiger charge is 2.35. The minimum atomic E-state index is -0.280. The smallest absolute Gasteiger partial charge is 0.291 e. The average molecular weight is 224 g/mol. The van der Waals surface area contributed by atoms with Gasteiger partial charge in [0.05, 0.1) is 6.04 Å². The molecule has 1 amide bonds. The lowest BCUT2D eigenvalue weighted by molar-refractivity contribution is -0.148. The van der Waals surface area contributed by atoms with Gasteiger partial charge in [0.1, 0.15) is 0 Å². The topological polar surface area (TPSA) is 49.4 Å². The lowest BCUT2D eigenvalue weighted by atomic mass is 10.0. The van der Waals surface area contributed by atoms with Crippen molar-refractivity contribution in [3.05, 3.63) is 0 Å². The van der Waals surface area contributed by atoms with Crippen LogP contribution in [0.2, 0.25) is 0 Å². The molecule has 0 spiro atoms. The van der Waals surface area contributed by atoms with Crippen LogP contribution in [0.3, 0.4) is 0 Å². The fraction of sp³-hybridized carbons (Fsp3) is 0.833. The summed E-state index contributed by atoms with van der Waals surface area (Å²) in [4.78, 5) is 25.4. The predicted octanol–water partition coefficient (Wildman–Crippen LogP) is 0.566. The van der Waals surface area contributed by atoms with Gasteiger partial charge in [-0.05, 0) is 25.3 Å². The Morgan fingerprint density at radius 1 is 1.38 bits per heavy atom. The van der Waals surface area contributed by atoms with Crippen molar-refractivity contribution in [2.45, 2.75) is 38.6 Å². The molecule has 1 N–H and O–H groups in total. The molecular formula is C12H20N2O2. The number of rotatable bonds is 6. The lowest BCUT2D eigenvalue weighted by Crippen LogP contribution is -2.51. The van der Waals surface area contributed by atoms with Gasteiger partial charge in [-0.25, -0.2) is 0 Å². The number of hydrogen-bond acceptors (Lipinski definition) is 3. The number of ketones is 1. The molecule has 1 aliphatic heterocycles. The summed E-state index contributed by atoms with van der Waals surface area (Å²) in [5, 5.41) is 3.14. The molecule has 2 fully saturated rings. The second-order valence-electron chi connectivity index (χ2n) is 4.80. The SMILES string of the molecule is CCN[C@@H](CC1CC1)C(=O)C(=O)N1CCC1. The van der Waals surface area contributed by atoms with E-state index in [0.717, 1.165) is 32.5 Å². The maximum absolute atomic E-state index is 12.0. The molecule has 1 saturated carbocycles. The van der Waals surface area contributed by atoms with Crippen LogP contribution in [-0.4, -0.2) is 42.3 Å². The van der Waals surface area contributed by atoms with E-state index in [9.17, 15) is 9.59 Å². The summed E-state index contributed by atoms with van der Waals surface area (Å²) in [6, 6.07) is -0.245. The van der Waals surface area contributed by atoms with Crippen LogP contribution in [-0.2, 0) is 9.59 Å². The molecule has 16 heavy (non-hydrogen) atoms. The summed E-state index contributed by atoms with van der Waals surface area (Å²) in [5.41, 5.74) is 0. The molecule has 2 rings (SSSR count). The van der Waals surface area contributed by atoms with Crippen LogP contribution in [0.4, 0.5) is 0 Å². The van der Waals surface area contributed by atoms with Crippen LogP contribution in [0, 0.1) is 5.92 Å². The normalized spacial score (nSPS) is 21.4. The Morgan fingerprint density at radius 2 is 2.06 bits per heavy atom. The Hall–Kier alpha value is -0.900. The van der Waals surface area contributed by atoms with Crippen molar-refractivity contribution in [2.24, 2.45) is 5.92 Å². The van der Waals surface area contributed by atoms with Crippen LogP contribution >= 0.6 is 0 Å². The summed E-state index contributed by atoms with van der Waals surface area (Å²) in [6.07, 6.45) is 4.31. The Kier molecular flexibility index (Phi) is 3.59. The minimum absolute atomic E-state index is 0.228. The summed E-state index contributed by atoms with van der Waals surface area (Å²) < 4.78 is 0. The van der Waals surface area contributed by atoms with Crippen molar-refractivity contribution in [2.75, 3.05) is 19.6 Å². The average Bonchev–Trinajstić information content (AvgIpc) is 2.97. The summed E-state index contributed by atoms with van der Waals surface area (Å²) in [5.74, 6) is 0.156. The number of likely N-dealkylation sites (N-methyl/N-ethyl adjacent to an activating group) is 1. The molecule has 2 aliphatic rings. The van der Waals surface area contributed by atoms with Gasteiger partial charge in [-0.1, -0.05) is 19.8 Å². The highest BCUT2D eigenvalue weighted by molar-refractivity contribution is 6.38. The summed E-state index contributed by atoms with van der Waals surface area (Å²) in [6.45, 7) is 4.23. The molecule has 0 aromatic carbocycles. The lowest BCUT2D eigenvalue weighted by Gasteiger charge is -2.31. The molecule has 4 nitrogen and oxygen atoms in total. The van der Waals surface area contributed by atoms with Crippen molar-refractivity contribution in [1.82, 2.24) is 10.2 Å². The Morgan fingerprint density at radius 3 is 2.50 bits per heavy atom. The van der Waals surface area contributed by atoms with Gasteiger partial charge in [0, 0.05) is 13.1 Å². The zero-order valence-electron chi connectivity index (χ0n) is 9.87. The first-order chi connectivity index (χ1) is 7.72. The van der Waals surface area contributed by atoms with E-state index in [1.54, 1.807) is 4.90 Å². The molecular weight excluding hydrogens is 204 g/mol. The van der Waals surface area contributed by atoms with Gasteiger partial charge in [-0.3, -0.25) is 9.59 Å². The molecule has 1 aliphatic carbocycles. The minimum Gasteiger partial charge on any atom is -0.336 e. The van der Waals surface area contributed by atoms with E-state index in [4.69, 9.17) is 0 Å². The van der Waals surface area contributed by atoms with E-state index in [0.29, 0.717) is 5.92 Å². The maximum atomic E-state index is 12.0. The molecule has 0 bridgehead atoms. The molecule has 0 unspecified atom stereocenters. The number of nitrogens with zero attached hydrogens (tertiary/aromatic N) is 1. The third kappa shape index (κ3) is 2.61. The summed E-state index contributed by atoms with van der Waals surface area (Å²) >= 11 is 0. The number of amides is 1. The second kappa shape index (κ2) is 4.95. The maximum Gasteiger partial charge on any atom is 0.291 e. The molecule has 1 heterocycles. The van der Waals surface area contributed by atoms with Gasteiger partial charge in [0.25, 0.3) is 5.91 Å². The Labute approximate surface area is 96.4 Å². The Bertz CT molecular complexity index is 283. The molecule has 0 aromatic heterocycles. The van der Waals surface area contributed by atoms with Crippen LogP contribution in [0.1, 0.15) is 32.6 Å². The third-order valence-electron chi connectivity index (χ3n) is 3.39. The molecule has 90 valence electrons. The van der Waals surface area contributed by atoms with Gasteiger partial charge < -0.3 is 10.2 Å². The van der Waals surface area contributed by atoms with Gasteiger partial charge in [0.15, 0.2) is 0 Å². The van der Waals surface area contributed by atoms with Crippen molar-refractivity contribution in [3.63, 3.8) is 0 Å². The quantitative estimate of drug-likeness (QED) is 0.671. The van der Waals surface area contributed by atoms with Gasteiger partial charge in [-0.15, -0.1) is 0 Å². The molecule has 0 radical (unpaired) electrons. The van der Waals surface area contributed by atoms with E-state index in [2.05, 4.69) is 5.32 Å². The van der Waals surface area contributed by atoms with E-state index < -0.39 is 0 Å². The largest absolute Gasteiger partial charge is 0.336 e. The predicted molar refractivity (Wildman–Crippen MR) is 61.0 cm³/mol. The number of carbonyl (C=O) groups is 2. The van der Waals surface area contributed by atoms with Gasteiger partial charge in [-0.2, -0.15) is 0 Å². The van der Waals surface area contributed by atoms with Crippen LogP contribution in [0.15, 0.2) is 0 Å². The third-order valence-corrected chi connectivity index (χ3v) is 3.39. The van der Waals surface area contributed by atoms with Crippen molar-refractivity contribution < 1.29 is 9.59 Å². The van der Waals surface area contributed by atoms with Crippen molar-refractivity contribution in [1.29, 1.82) is 0 Å². The van der Waals surface area contributed by atoms with E-state index in [1.165, 1.54) is 12.8 Å². The van der Waals surface area contributed by atoms with E-state index >= 15 is 0 Å². The van der Waals surface area contributed by atoms with Crippen LogP contribution < -0.4 is 5.32 Å². The number of nitrogens with one attached hydrogen (secondary N) is 1. The first-order valence-electron chi connectivity index (χ1n) is 6.29. The zero-order chi connectivity index (χ0) is 11.5. The van der Waals surface area contributed by atoms with E-state index in [1.807, 2.05) is 6.92 Å². The van der Waals surface area contributed by atoms with Crippen molar-refractivity contribution >= 4 is 11.7 Å². The second-order valence-corrected chi connectivity index (χ2v) is 4.80. The molecule has 1 atom stereocenters. The summed E-state index contributed by atoms with van der Waals surface area (Å²) in [7, 11) is 0. The van der Waals surface area contributed by atoms with Gasteiger partial charge >= 0.3 is 0 Å². The van der Waals surface area contributed by atoms with E-state index in [-0.39, 0.29) is 17.7 Å². The first kappa shape index (κ1) is 11.6. The molecule has 1 saturated heterocycles. The fourth-order valence-corrected chi connectivity index (χ4v) is 2.04. The number of carbonyl (C=O) groups excluding carboxylic acids is 2. The fourth-order valence-electron chi connectivity index (χ4n) is 2.04. The number of likely N-dealkylation sites (tertiary alicyclic amines) is 1. The standard InChI is InChI=1S/C12H20N2O2/c1-2-13-10(8-9-4-5-9)11(15)12(16)14-6-3-7-14/h9-10,13H,2-8H2,1H3/t10-/m0/s1. The number of Topliss-reactive ketones (excluding diaryl/α,β-unsaturated/α-hetero) is 1. The number of hydrogen-bond donors (Lipinski definition) is 1.